The van der Waals surface area contributed by atoms with Gasteiger partial charge in [0.05, 0.1) is 4.90 Å². The number of benzene rings is 3. The van der Waals surface area contributed by atoms with Crippen molar-refractivity contribution in [2.24, 2.45) is 0 Å². The van der Waals surface area contributed by atoms with Gasteiger partial charge < -0.3 is 5.32 Å². The minimum atomic E-state index is -5.49. The van der Waals surface area contributed by atoms with E-state index in [9.17, 15) is 18.1 Å². The summed E-state index contributed by atoms with van der Waals surface area (Å²) in [7, 11) is -5.49. The van der Waals surface area contributed by atoms with Crippen molar-refractivity contribution >= 4 is 27.1 Å². The second-order valence-corrected chi connectivity index (χ2v) is 8.58. The van der Waals surface area contributed by atoms with E-state index in [0.717, 1.165) is 16.9 Å². The van der Waals surface area contributed by atoms with Gasteiger partial charge in [-0.25, -0.2) is 8.93 Å². The van der Waals surface area contributed by atoms with E-state index in [-0.39, 0.29) is 10.5 Å². The molecular formula is C20H20N2O4S. The van der Waals surface area contributed by atoms with Crippen LogP contribution in [0.2, 0.25) is 0 Å². The summed E-state index contributed by atoms with van der Waals surface area (Å²) in [6.45, 7) is 1.80. The molecule has 0 aliphatic heterocycles. The van der Waals surface area contributed by atoms with Gasteiger partial charge in [0.15, 0.2) is 9.81 Å². The molecule has 0 unspecified atom stereocenters. The molecule has 0 aromatic heterocycles. The molecule has 0 saturated heterocycles. The first-order valence-corrected chi connectivity index (χ1v) is 10.1. The lowest BCUT2D eigenvalue weighted by Crippen LogP contribution is -2.49. The average Bonchev–Trinajstić information content (AvgIpc) is 2.62. The van der Waals surface area contributed by atoms with Crippen LogP contribution in [0.3, 0.4) is 0 Å². The summed E-state index contributed by atoms with van der Waals surface area (Å²) in [4.78, 5) is 12.1. The Bertz CT molecular complexity index is 1010. The third-order valence-electron chi connectivity index (χ3n) is 3.93. The summed E-state index contributed by atoms with van der Waals surface area (Å²) in [6, 6.07) is 21.6. The molecular weight excluding hydrogens is 364 g/mol. The van der Waals surface area contributed by atoms with Gasteiger partial charge in [-0.2, -0.15) is 0 Å². The largest absolute Gasteiger partial charge is 0.356 e. The van der Waals surface area contributed by atoms with Crippen LogP contribution in [0.15, 0.2) is 83.8 Å². The van der Waals surface area contributed by atoms with Crippen LogP contribution in [0.25, 0.3) is 0 Å². The molecule has 0 fully saturated rings. The van der Waals surface area contributed by atoms with Crippen molar-refractivity contribution in [3.05, 3.63) is 90.0 Å². The number of anilines is 2. The fourth-order valence-corrected chi connectivity index (χ4v) is 3.66. The Labute approximate surface area is 157 Å². The molecule has 0 heterocycles. The zero-order valence-electron chi connectivity index (χ0n) is 14.6. The monoisotopic (exact) mass is 384 g/mol. The van der Waals surface area contributed by atoms with Crippen molar-refractivity contribution in [1.82, 2.24) is 4.72 Å². The minimum absolute atomic E-state index is 0.141. The molecule has 0 atom stereocenters. The molecule has 3 aromatic rings. The Balaban J connectivity index is 1.75. The quantitative estimate of drug-likeness (QED) is 0.528. The predicted molar refractivity (Wildman–Crippen MR) is 106 cm³/mol. The van der Waals surface area contributed by atoms with Crippen LogP contribution in [0.5, 0.6) is 0 Å². The number of carbonyl (C=O) groups is 1. The lowest BCUT2D eigenvalue weighted by atomic mass is 10.2. The van der Waals surface area contributed by atoms with Gasteiger partial charge in [-0.05, 0) is 55.5 Å². The van der Waals surface area contributed by atoms with Crippen LogP contribution in [-0.4, -0.2) is 19.2 Å². The maximum Gasteiger partial charge on any atom is 0.265 e. The van der Waals surface area contributed by atoms with Gasteiger partial charge in [0.2, 0.25) is 0 Å². The first kappa shape index (κ1) is 18.8. The summed E-state index contributed by atoms with van der Waals surface area (Å²) >= 11 is 0. The summed E-state index contributed by atoms with van der Waals surface area (Å²) in [6.07, 6.45) is 0. The van der Waals surface area contributed by atoms with Crippen molar-refractivity contribution in [1.29, 1.82) is 0 Å². The third kappa shape index (κ3) is 4.59. The second kappa shape index (κ2) is 6.96. The highest BCUT2D eigenvalue weighted by molar-refractivity contribution is 8.09. The predicted octanol–water partition coefficient (Wildman–Crippen LogP) is 4.21. The molecule has 0 saturated carbocycles. The number of nitrogens with one attached hydrogen (secondary N) is 2. The van der Waals surface area contributed by atoms with E-state index in [1.54, 1.807) is 31.2 Å². The van der Waals surface area contributed by atoms with E-state index < -0.39 is 15.7 Å². The summed E-state index contributed by atoms with van der Waals surface area (Å²) in [5.74, 6) is -0.858. The fourth-order valence-electron chi connectivity index (χ4n) is 2.46. The number of aryl methyl sites for hydroxylation is 1. The van der Waals surface area contributed by atoms with Gasteiger partial charge in [0.25, 0.3) is 5.91 Å². The standard InChI is InChI=1S/C20H20N2O4S/c1-15-7-13-19(14-8-15)27(24,25,26)22-20(23)16-9-11-18(12-10-16)21-17-5-3-2-4-6-17/h2-14,21H,1H3,(H3,22,23,24,25,26). The number of carbonyl (C=O) groups excluding carboxylic acids is 1. The van der Waals surface area contributed by atoms with Gasteiger partial charge in [0, 0.05) is 16.9 Å². The van der Waals surface area contributed by atoms with Crippen LogP contribution >= 0.6 is 0 Å². The smallest absolute Gasteiger partial charge is 0.265 e. The molecule has 140 valence electrons. The van der Waals surface area contributed by atoms with Crippen LogP contribution in [-0.2, 0) is 9.81 Å². The highest BCUT2D eigenvalue weighted by atomic mass is 32.3. The Morgan fingerprint density at radius 1 is 0.815 bits per heavy atom. The van der Waals surface area contributed by atoms with E-state index >= 15 is 0 Å². The minimum Gasteiger partial charge on any atom is -0.356 e. The van der Waals surface area contributed by atoms with E-state index in [1.165, 1.54) is 24.3 Å². The number of hydrogen-bond acceptors (Lipinski definition) is 3. The van der Waals surface area contributed by atoms with Gasteiger partial charge >= 0.3 is 0 Å². The van der Waals surface area contributed by atoms with Crippen LogP contribution in [0.4, 0.5) is 11.4 Å². The number of rotatable bonds is 5. The SMILES string of the molecule is Cc1ccc(S(=O)(O)(O)NC(=O)c2ccc(Nc3ccccc3)cc2)cc1. The first-order chi connectivity index (χ1) is 12.7. The van der Waals surface area contributed by atoms with Gasteiger partial charge in [-0.15, -0.1) is 0 Å². The van der Waals surface area contributed by atoms with Gasteiger partial charge in [-0.1, -0.05) is 35.9 Å². The van der Waals surface area contributed by atoms with Crippen molar-refractivity contribution < 1.29 is 18.1 Å². The number of para-hydroxylation sites is 1. The van der Waals surface area contributed by atoms with Crippen LogP contribution in [0, 0.1) is 6.92 Å². The topological polar surface area (TPSA) is 98.7 Å². The fraction of sp³-hybridized carbons (Fsp3) is 0.0500. The molecule has 27 heavy (non-hydrogen) atoms. The molecule has 6 nitrogen and oxygen atoms in total. The van der Waals surface area contributed by atoms with Crippen molar-refractivity contribution in [2.45, 2.75) is 11.8 Å². The third-order valence-corrected chi connectivity index (χ3v) is 5.61. The lowest BCUT2D eigenvalue weighted by Gasteiger charge is -2.31. The molecule has 1 amide bonds. The Morgan fingerprint density at radius 2 is 1.37 bits per heavy atom. The highest BCUT2D eigenvalue weighted by Crippen LogP contribution is 2.26. The Kier molecular flexibility index (Phi) is 4.84. The van der Waals surface area contributed by atoms with Crippen molar-refractivity contribution in [3.8, 4) is 0 Å². The molecule has 4 N–H and O–H groups in total. The van der Waals surface area contributed by atoms with E-state index in [1.807, 2.05) is 35.1 Å². The van der Waals surface area contributed by atoms with Crippen molar-refractivity contribution in [2.75, 3.05) is 5.32 Å². The Morgan fingerprint density at radius 3 is 1.96 bits per heavy atom. The molecule has 0 aliphatic rings. The van der Waals surface area contributed by atoms with E-state index in [0.29, 0.717) is 0 Å². The maximum atomic E-state index is 12.6. The van der Waals surface area contributed by atoms with E-state index in [4.69, 9.17) is 0 Å². The molecule has 3 rings (SSSR count). The Hall–Kier alpha value is -3.00. The number of amides is 1. The molecule has 0 bridgehead atoms. The molecule has 3 aromatic carbocycles. The molecule has 0 radical (unpaired) electrons. The summed E-state index contributed by atoms with van der Waals surface area (Å²) in [5.41, 5.74) is 2.64. The molecule has 0 spiro atoms. The van der Waals surface area contributed by atoms with Gasteiger partial charge in [-0.3, -0.25) is 13.9 Å². The first-order valence-electron chi connectivity index (χ1n) is 8.20. The molecule has 7 heteroatoms. The maximum absolute atomic E-state index is 12.6. The lowest BCUT2D eigenvalue weighted by molar-refractivity contribution is 0.0973. The van der Waals surface area contributed by atoms with E-state index in [2.05, 4.69) is 5.32 Å². The zero-order chi connectivity index (χ0) is 19.5. The highest BCUT2D eigenvalue weighted by Gasteiger charge is 2.34. The second-order valence-electron chi connectivity index (χ2n) is 6.18. The van der Waals surface area contributed by atoms with Crippen LogP contribution in [0.1, 0.15) is 15.9 Å². The summed E-state index contributed by atoms with van der Waals surface area (Å²) in [5, 5.41) is 3.17. The van der Waals surface area contributed by atoms with Crippen molar-refractivity contribution in [3.63, 3.8) is 0 Å². The summed E-state index contributed by atoms with van der Waals surface area (Å²) < 4.78 is 34.8. The normalized spacial score (nSPS) is 12.6. The average molecular weight is 384 g/mol. The zero-order valence-corrected chi connectivity index (χ0v) is 15.4. The molecule has 0 aliphatic carbocycles. The van der Waals surface area contributed by atoms with Crippen LogP contribution < -0.4 is 10.0 Å². The number of hydrogen-bond donors (Lipinski definition) is 4. The van der Waals surface area contributed by atoms with Gasteiger partial charge in [0.1, 0.15) is 0 Å².